The monoisotopic (exact) mass is 450 g/mol. The Bertz CT molecular complexity index is 863. The number of carbonyl (C=O) groups is 2. The molecule has 0 bridgehead atoms. The van der Waals surface area contributed by atoms with Gasteiger partial charge in [-0.1, -0.05) is 0 Å². The van der Waals surface area contributed by atoms with Crippen molar-refractivity contribution in [3.63, 3.8) is 0 Å². The van der Waals surface area contributed by atoms with Gasteiger partial charge in [-0.25, -0.2) is 9.37 Å². The summed E-state index contributed by atoms with van der Waals surface area (Å²) >= 11 is 3.18. The molecule has 1 aromatic carbocycles. The van der Waals surface area contributed by atoms with E-state index in [1.807, 2.05) is 4.90 Å². The number of carbonyl (C=O) groups excluding carboxylic acids is 2. The number of anilines is 2. The molecule has 0 saturated carbocycles. The molecule has 3 N–H and O–H groups in total. The van der Waals surface area contributed by atoms with Crippen LogP contribution in [0.5, 0.6) is 5.75 Å². The number of nitrogens with zero attached hydrogens (tertiary/aromatic N) is 2. The van der Waals surface area contributed by atoms with E-state index in [9.17, 15) is 14.0 Å². The minimum absolute atomic E-state index is 0.169. The molecule has 1 aliphatic rings. The highest BCUT2D eigenvalue weighted by atomic mass is 79.9. The lowest BCUT2D eigenvalue weighted by molar-refractivity contribution is -0.122. The Morgan fingerprint density at radius 3 is 2.86 bits per heavy atom. The Labute approximate surface area is 170 Å². The number of benzene rings is 1. The van der Waals surface area contributed by atoms with Crippen LogP contribution in [0, 0.1) is 11.7 Å². The van der Waals surface area contributed by atoms with Crippen LogP contribution in [-0.4, -0.2) is 36.5 Å². The van der Waals surface area contributed by atoms with Gasteiger partial charge in [-0.2, -0.15) is 0 Å². The van der Waals surface area contributed by atoms with Crippen molar-refractivity contribution in [3.05, 3.63) is 46.8 Å². The highest BCUT2D eigenvalue weighted by Crippen LogP contribution is 2.25. The largest absolute Gasteiger partial charge is 0.483 e. The van der Waals surface area contributed by atoms with Crippen molar-refractivity contribution in [2.75, 3.05) is 29.9 Å². The minimum atomic E-state index is -0.398. The lowest BCUT2D eigenvalue weighted by Crippen LogP contribution is -2.41. The molecule has 1 saturated heterocycles. The predicted octanol–water partition coefficient (Wildman–Crippen LogP) is 2.70. The summed E-state index contributed by atoms with van der Waals surface area (Å²) in [5.74, 6) is -0.114. The van der Waals surface area contributed by atoms with Crippen molar-refractivity contribution in [1.82, 2.24) is 4.98 Å². The zero-order valence-corrected chi connectivity index (χ0v) is 16.6. The van der Waals surface area contributed by atoms with Crippen molar-refractivity contribution in [2.24, 2.45) is 11.7 Å². The van der Waals surface area contributed by atoms with Crippen molar-refractivity contribution in [2.45, 2.75) is 12.8 Å². The van der Waals surface area contributed by atoms with Crippen LogP contribution in [0.2, 0.25) is 0 Å². The quantitative estimate of drug-likeness (QED) is 0.704. The van der Waals surface area contributed by atoms with Gasteiger partial charge < -0.3 is 20.7 Å². The second kappa shape index (κ2) is 9.01. The normalized spacial score (nSPS) is 16.5. The molecule has 1 aromatic heterocycles. The first kappa shape index (κ1) is 20.1. The molecule has 1 aliphatic heterocycles. The van der Waals surface area contributed by atoms with E-state index in [1.165, 1.54) is 18.2 Å². The van der Waals surface area contributed by atoms with Gasteiger partial charge >= 0.3 is 0 Å². The maximum absolute atomic E-state index is 13.1. The number of nitrogens with one attached hydrogen (secondary N) is 1. The fourth-order valence-corrected chi connectivity index (χ4v) is 3.46. The van der Waals surface area contributed by atoms with Crippen LogP contribution < -0.4 is 20.7 Å². The van der Waals surface area contributed by atoms with Crippen LogP contribution in [0.1, 0.15) is 12.8 Å². The van der Waals surface area contributed by atoms with Crippen LogP contribution in [0.15, 0.2) is 41.0 Å². The second-order valence-electron chi connectivity index (χ2n) is 6.50. The first-order valence-corrected chi connectivity index (χ1v) is 9.59. The van der Waals surface area contributed by atoms with Gasteiger partial charge in [0, 0.05) is 13.1 Å². The average molecular weight is 451 g/mol. The molecule has 2 aromatic rings. The minimum Gasteiger partial charge on any atom is -0.483 e. The maximum Gasteiger partial charge on any atom is 0.262 e. The predicted molar refractivity (Wildman–Crippen MR) is 107 cm³/mol. The smallest absolute Gasteiger partial charge is 0.262 e. The van der Waals surface area contributed by atoms with Crippen molar-refractivity contribution in [1.29, 1.82) is 0 Å². The fraction of sp³-hybridized carbons (Fsp3) is 0.316. The number of amides is 2. The van der Waals surface area contributed by atoms with E-state index in [0.717, 1.165) is 25.2 Å². The van der Waals surface area contributed by atoms with Crippen molar-refractivity contribution < 1.29 is 18.7 Å². The molecule has 0 radical (unpaired) electrons. The summed E-state index contributed by atoms with van der Waals surface area (Å²) in [6.45, 7) is 1.13. The number of nitrogens with two attached hydrogens (primary N) is 1. The fourth-order valence-electron chi connectivity index (χ4n) is 3.00. The lowest BCUT2D eigenvalue weighted by Gasteiger charge is -2.32. The molecule has 1 unspecified atom stereocenters. The van der Waals surface area contributed by atoms with E-state index in [1.54, 1.807) is 18.3 Å². The van der Waals surface area contributed by atoms with Gasteiger partial charge in [0.2, 0.25) is 5.91 Å². The van der Waals surface area contributed by atoms with E-state index < -0.39 is 5.82 Å². The molecule has 2 amide bonds. The zero-order valence-electron chi connectivity index (χ0n) is 15.0. The summed E-state index contributed by atoms with van der Waals surface area (Å²) in [6, 6.07) is 7.49. The van der Waals surface area contributed by atoms with Gasteiger partial charge in [0.15, 0.2) is 6.61 Å². The number of aromatic nitrogens is 1. The van der Waals surface area contributed by atoms with Crippen LogP contribution >= 0.6 is 15.9 Å². The highest BCUT2D eigenvalue weighted by molar-refractivity contribution is 9.10. The van der Waals surface area contributed by atoms with Gasteiger partial charge in [-0.15, -0.1) is 0 Å². The number of rotatable bonds is 6. The molecule has 2 heterocycles. The molecule has 7 nitrogen and oxygen atoms in total. The average Bonchev–Trinajstić information content (AvgIpc) is 2.68. The lowest BCUT2D eigenvalue weighted by atomic mass is 9.97. The van der Waals surface area contributed by atoms with E-state index in [4.69, 9.17) is 10.5 Å². The molecule has 3 rings (SSSR count). The van der Waals surface area contributed by atoms with E-state index in [2.05, 4.69) is 26.2 Å². The summed E-state index contributed by atoms with van der Waals surface area (Å²) in [7, 11) is 0. The highest BCUT2D eigenvalue weighted by Gasteiger charge is 2.24. The molecule has 148 valence electrons. The second-order valence-corrected chi connectivity index (χ2v) is 7.36. The Balaban J connectivity index is 1.53. The van der Waals surface area contributed by atoms with Gasteiger partial charge in [-0.05, 0) is 59.1 Å². The van der Waals surface area contributed by atoms with E-state index in [-0.39, 0.29) is 24.3 Å². The summed E-state index contributed by atoms with van der Waals surface area (Å²) < 4.78 is 18.9. The molecule has 28 heavy (non-hydrogen) atoms. The Morgan fingerprint density at radius 1 is 1.36 bits per heavy atom. The number of primary amides is 1. The molecule has 0 aliphatic carbocycles. The summed E-state index contributed by atoms with van der Waals surface area (Å²) in [5.41, 5.74) is 5.93. The third kappa shape index (κ3) is 5.19. The van der Waals surface area contributed by atoms with Gasteiger partial charge in [0.1, 0.15) is 17.4 Å². The maximum atomic E-state index is 13.1. The molecule has 1 atom stereocenters. The third-order valence-corrected chi connectivity index (χ3v) is 5.05. The number of hydrogen-bond acceptors (Lipinski definition) is 5. The van der Waals surface area contributed by atoms with Crippen molar-refractivity contribution >= 4 is 39.2 Å². The van der Waals surface area contributed by atoms with Crippen molar-refractivity contribution in [3.8, 4) is 5.75 Å². The van der Waals surface area contributed by atoms with Gasteiger partial charge in [0.05, 0.1) is 22.3 Å². The van der Waals surface area contributed by atoms with E-state index in [0.29, 0.717) is 22.5 Å². The summed E-state index contributed by atoms with van der Waals surface area (Å²) in [6.07, 6.45) is 3.23. The van der Waals surface area contributed by atoms with Crippen LogP contribution in [-0.2, 0) is 9.59 Å². The Kier molecular flexibility index (Phi) is 6.45. The zero-order chi connectivity index (χ0) is 20.1. The topological polar surface area (TPSA) is 97.6 Å². The van der Waals surface area contributed by atoms with Gasteiger partial charge in [-0.3, -0.25) is 9.59 Å². The number of piperidine rings is 1. The molecule has 9 heteroatoms. The number of halogens is 2. The van der Waals surface area contributed by atoms with Crippen LogP contribution in [0.4, 0.5) is 15.9 Å². The standard InChI is InChI=1S/C19H20BrFN4O3/c20-15-8-13(21)3-5-16(15)28-11-18(26)24-14-4-6-17(23-9-14)25-7-1-2-12(10-25)19(22)27/h3-6,8-9,12H,1-2,7,10-11H2,(H2,22,27)(H,24,26). The van der Waals surface area contributed by atoms with Crippen LogP contribution in [0.25, 0.3) is 0 Å². The van der Waals surface area contributed by atoms with Gasteiger partial charge in [0.25, 0.3) is 5.91 Å². The number of ether oxygens (including phenoxy) is 1. The molecule has 1 fully saturated rings. The Hall–Kier alpha value is -2.68. The summed E-state index contributed by atoms with van der Waals surface area (Å²) in [5, 5.41) is 2.69. The Morgan fingerprint density at radius 2 is 2.18 bits per heavy atom. The molecule has 0 spiro atoms. The third-order valence-electron chi connectivity index (χ3n) is 4.43. The number of hydrogen-bond donors (Lipinski definition) is 2. The van der Waals surface area contributed by atoms with Crippen LogP contribution in [0.3, 0.4) is 0 Å². The summed E-state index contributed by atoms with van der Waals surface area (Å²) in [4.78, 5) is 29.8. The SMILES string of the molecule is NC(=O)C1CCCN(c2ccc(NC(=O)COc3ccc(F)cc3Br)cn2)C1. The first-order chi connectivity index (χ1) is 13.4. The number of pyridine rings is 1. The first-order valence-electron chi connectivity index (χ1n) is 8.80. The van der Waals surface area contributed by atoms with E-state index >= 15 is 0 Å². The molecular weight excluding hydrogens is 431 g/mol. The molecular formula is C19H20BrFN4O3.